The Morgan fingerprint density at radius 2 is 2.17 bits per heavy atom. The summed E-state index contributed by atoms with van der Waals surface area (Å²) in [5, 5.41) is 0. The number of ether oxygens (including phenoxy) is 1. The zero-order chi connectivity index (χ0) is 13.8. The minimum Gasteiger partial charge on any atom is -0.457 e. The largest absolute Gasteiger partial charge is 0.457 e. The summed E-state index contributed by atoms with van der Waals surface area (Å²) in [7, 11) is 0. The van der Waals surface area contributed by atoms with Gasteiger partial charge in [-0.05, 0) is 26.0 Å². The van der Waals surface area contributed by atoms with Gasteiger partial charge in [0.25, 0.3) is 5.78 Å². The van der Waals surface area contributed by atoms with Crippen molar-refractivity contribution in [3.63, 3.8) is 0 Å². The molecule has 0 unspecified atom stereocenters. The highest BCUT2D eigenvalue weighted by Gasteiger charge is 2.29. The highest BCUT2D eigenvalue weighted by molar-refractivity contribution is 7.99. The Labute approximate surface area is 111 Å². The first-order valence-corrected chi connectivity index (χ1v) is 6.94. The zero-order valence-electron chi connectivity index (χ0n) is 10.7. The highest BCUT2D eigenvalue weighted by Crippen LogP contribution is 2.05. The second-order valence-corrected chi connectivity index (χ2v) is 4.49. The number of hydrogen-bond donors (Lipinski definition) is 0. The molecule has 0 saturated carbocycles. The van der Waals surface area contributed by atoms with Gasteiger partial charge in [0, 0.05) is 12.2 Å². The number of carbonyl (C=O) groups excluding carboxylic acids is 2. The standard InChI is InChI=1S/C12H18N2O3S/c1-3-5-8-18-9-6-7-10(15)11(14-13)12(16)17-4-2/h3,5H,4,6-9H2,1-2H3/b5-3+. The van der Waals surface area contributed by atoms with E-state index in [9.17, 15) is 9.59 Å². The smallest absolute Gasteiger partial charge is 0.441 e. The van der Waals surface area contributed by atoms with Crippen LogP contribution in [0.25, 0.3) is 5.53 Å². The van der Waals surface area contributed by atoms with Gasteiger partial charge in [-0.15, -0.1) is 0 Å². The predicted molar refractivity (Wildman–Crippen MR) is 71.6 cm³/mol. The van der Waals surface area contributed by atoms with E-state index < -0.39 is 17.5 Å². The van der Waals surface area contributed by atoms with Crippen molar-refractivity contribution >= 4 is 29.2 Å². The van der Waals surface area contributed by atoms with Crippen LogP contribution in [0.15, 0.2) is 12.2 Å². The molecule has 5 nitrogen and oxygen atoms in total. The van der Waals surface area contributed by atoms with Crippen LogP contribution >= 0.6 is 11.8 Å². The molecule has 0 saturated heterocycles. The Kier molecular flexibility index (Phi) is 9.91. The van der Waals surface area contributed by atoms with Gasteiger partial charge in [-0.2, -0.15) is 16.6 Å². The van der Waals surface area contributed by atoms with Crippen molar-refractivity contribution in [2.45, 2.75) is 26.7 Å². The first-order chi connectivity index (χ1) is 8.67. The van der Waals surface area contributed by atoms with Crippen LogP contribution in [0.2, 0.25) is 0 Å². The van der Waals surface area contributed by atoms with Crippen LogP contribution < -0.4 is 0 Å². The maximum atomic E-state index is 11.6. The average Bonchev–Trinajstić information content (AvgIpc) is 2.35. The molecule has 100 valence electrons. The first kappa shape index (κ1) is 16.6. The van der Waals surface area contributed by atoms with Crippen molar-refractivity contribution in [2.24, 2.45) is 0 Å². The number of carbonyl (C=O) groups is 2. The fraction of sp³-hybridized carbons (Fsp3) is 0.583. The normalized spacial score (nSPS) is 10.1. The highest BCUT2D eigenvalue weighted by atomic mass is 32.2. The quantitative estimate of drug-likeness (QED) is 0.122. The molecule has 0 radical (unpaired) electrons. The lowest BCUT2D eigenvalue weighted by Crippen LogP contribution is -2.27. The minimum atomic E-state index is -0.869. The Bertz CT molecular complexity index is 360. The first-order valence-electron chi connectivity index (χ1n) is 5.78. The van der Waals surface area contributed by atoms with Gasteiger partial charge in [-0.3, -0.25) is 4.79 Å². The zero-order valence-corrected chi connectivity index (χ0v) is 11.5. The lowest BCUT2D eigenvalue weighted by atomic mass is 10.1. The fourth-order valence-corrected chi connectivity index (χ4v) is 1.95. The third-order valence-corrected chi connectivity index (χ3v) is 2.98. The molecule has 0 aromatic heterocycles. The Hall–Kier alpha value is -1.39. The van der Waals surface area contributed by atoms with Gasteiger partial charge in [0.1, 0.15) is 0 Å². The van der Waals surface area contributed by atoms with E-state index in [1.54, 1.807) is 18.7 Å². The monoisotopic (exact) mass is 270 g/mol. The summed E-state index contributed by atoms with van der Waals surface area (Å²) in [6.45, 7) is 3.72. The Morgan fingerprint density at radius 3 is 2.72 bits per heavy atom. The minimum absolute atomic E-state index is 0.143. The number of thioether (sulfide) groups is 1. The molecule has 0 aliphatic heterocycles. The summed E-state index contributed by atoms with van der Waals surface area (Å²) in [5.41, 5.74) is 8.10. The lowest BCUT2D eigenvalue weighted by Gasteiger charge is -1.98. The van der Waals surface area contributed by atoms with Crippen LogP contribution in [-0.2, 0) is 14.3 Å². The van der Waals surface area contributed by atoms with Crippen molar-refractivity contribution in [3.8, 4) is 0 Å². The van der Waals surface area contributed by atoms with E-state index in [2.05, 4.69) is 9.53 Å². The molecular weight excluding hydrogens is 252 g/mol. The van der Waals surface area contributed by atoms with E-state index in [0.717, 1.165) is 11.5 Å². The Morgan fingerprint density at radius 1 is 1.44 bits per heavy atom. The van der Waals surface area contributed by atoms with Gasteiger partial charge in [0.05, 0.1) is 6.61 Å². The molecule has 6 heteroatoms. The van der Waals surface area contributed by atoms with Gasteiger partial charge in [0.2, 0.25) is 0 Å². The third kappa shape index (κ3) is 7.04. The van der Waals surface area contributed by atoms with Crippen molar-refractivity contribution in [2.75, 3.05) is 18.1 Å². The predicted octanol–water partition coefficient (Wildman–Crippen LogP) is 1.88. The molecule has 0 N–H and O–H groups in total. The second-order valence-electron chi connectivity index (χ2n) is 3.34. The van der Waals surface area contributed by atoms with Gasteiger partial charge < -0.3 is 10.3 Å². The van der Waals surface area contributed by atoms with E-state index in [1.807, 2.05) is 19.1 Å². The number of rotatable bonds is 9. The summed E-state index contributed by atoms with van der Waals surface area (Å²) < 4.78 is 4.61. The molecule has 18 heavy (non-hydrogen) atoms. The summed E-state index contributed by atoms with van der Waals surface area (Å²) in [5.74, 6) is 0.371. The van der Waals surface area contributed by atoms with E-state index >= 15 is 0 Å². The van der Waals surface area contributed by atoms with Crippen LogP contribution in [0.1, 0.15) is 26.7 Å². The van der Waals surface area contributed by atoms with Gasteiger partial charge in [-0.25, -0.2) is 4.79 Å². The van der Waals surface area contributed by atoms with E-state index in [1.165, 1.54) is 0 Å². The average molecular weight is 270 g/mol. The molecule has 0 atom stereocenters. The van der Waals surface area contributed by atoms with Crippen molar-refractivity contribution in [1.82, 2.24) is 0 Å². The van der Waals surface area contributed by atoms with E-state index in [-0.39, 0.29) is 13.0 Å². The van der Waals surface area contributed by atoms with Gasteiger partial charge in [-0.1, -0.05) is 12.2 Å². The summed E-state index contributed by atoms with van der Waals surface area (Å²) >= 11 is 1.70. The van der Waals surface area contributed by atoms with Gasteiger partial charge in [0.15, 0.2) is 0 Å². The number of esters is 1. The van der Waals surface area contributed by atoms with E-state index in [0.29, 0.717) is 6.42 Å². The van der Waals surface area contributed by atoms with Crippen molar-refractivity contribution in [1.29, 1.82) is 0 Å². The third-order valence-electron chi connectivity index (χ3n) is 1.98. The van der Waals surface area contributed by atoms with Crippen molar-refractivity contribution < 1.29 is 19.1 Å². The molecule has 0 rings (SSSR count). The maximum absolute atomic E-state index is 11.6. The molecule has 0 aliphatic carbocycles. The van der Waals surface area contributed by atoms with Crippen molar-refractivity contribution in [3.05, 3.63) is 17.7 Å². The topological polar surface area (TPSA) is 79.8 Å². The number of nitrogens with zero attached hydrogens (tertiary/aromatic N) is 2. The Balaban J connectivity index is 4.00. The summed E-state index contributed by atoms with van der Waals surface area (Å²) in [6.07, 6.45) is 4.82. The molecule has 0 heterocycles. The number of allylic oxidation sites excluding steroid dienone is 1. The molecule has 0 spiro atoms. The second kappa shape index (κ2) is 10.7. The SMILES string of the molecule is C/C=C/CSCCCC(=O)C(=[N+]=[N-])C(=O)OCC. The van der Waals surface area contributed by atoms with Crippen LogP contribution in [0, 0.1) is 0 Å². The number of Topliss-reactive ketones (excluding diaryl/α,β-unsaturated/α-hetero) is 1. The molecule has 0 fully saturated rings. The lowest BCUT2D eigenvalue weighted by molar-refractivity contribution is -0.141. The molecule has 0 aromatic rings. The number of hydrogen-bond acceptors (Lipinski definition) is 4. The molecular formula is C12H18N2O3S. The fourth-order valence-electron chi connectivity index (χ4n) is 1.11. The van der Waals surface area contributed by atoms with Crippen LogP contribution in [0.5, 0.6) is 0 Å². The van der Waals surface area contributed by atoms with Crippen LogP contribution in [0.3, 0.4) is 0 Å². The van der Waals surface area contributed by atoms with Crippen LogP contribution in [0.4, 0.5) is 0 Å². The van der Waals surface area contributed by atoms with E-state index in [4.69, 9.17) is 5.53 Å². The molecule has 0 bridgehead atoms. The maximum Gasteiger partial charge on any atom is 0.441 e. The molecule has 0 aromatic carbocycles. The summed E-state index contributed by atoms with van der Waals surface area (Å²) in [6, 6.07) is 0. The number of ketones is 1. The molecule has 0 aliphatic rings. The van der Waals surface area contributed by atoms with Crippen LogP contribution in [-0.4, -0.2) is 40.4 Å². The molecule has 0 amide bonds. The summed E-state index contributed by atoms with van der Waals surface area (Å²) in [4.78, 5) is 25.5. The van der Waals surface area contributed by atoms with Gasteiger partial charge >= 0.3 is 11.7 Å².